The summed E-state index contributed by atoms with van der Waals surface area (Å²) in [6.07, 6.45) is 2.07. The van der Waals surface area contributed by atoms with E-state index in [0.717, 1.165) is 46.3 Å². The van der Waals surface area contributed by atoms with E-state index in [1.54, 1.807) is 0 Å². The van der Waals surface area contributed by atoms with Gasteiger partial charge in [-0.1, -0.05) is 52.0 Å². The molecule has 0 unspecified atom stereocenters. The van der Waals surface area contributed by atoms with Crippen LogP contribution < -0.4 is 10.9 Å². The standard InChI is InChI=1S/C18H19NO.C2H6/c1-4-5-9-19-13(3)16-11-12(2)10-14-7-6-8-15(17(14)16)18(19)20;1-2/h6-8,10-11H,3-5,9H2,1-2H3;1-2H3. The third kappa shape index (κ3) is 2.66. The van der Waals surface area contributed by atoms with Gasteiger partial charge in [0.2, 0.25) is 0 Å². The first-order valence-corrected chi connectivity index (χ1v) is 8.18. The molecule has 0 aliphatic heterocycles. The molecule has 22 heavy (non-hydrogen) atoms. The maximum Gasteiger partial charge on any atom is 0.258 e. The minimum atomic E-state index is 0.0883. The minimum absolute atomic E-state index is 0.0883. The fourth-order valence-corrected chi connectivity index (χ4v) is 2.95. The predicted octanol–water partition coefficient (Wildman–Crippen LogP) is 4.42. The first-order chi connectivity index (χ1) is 10.6. The van der Waals surface area contributed by atoms with E-state index in [1.165, 1.54) is 5.56 Å². The highest BCUT2D eigenvalue weighted by molar-refractivity contribution is 6.09. The Morgan fingerprint density at radius 1 is 1.14 bits per heavy atom. The van der Waals surface area contributed by atoms with E-state index in [1.807, 2.05) is 30.5 Å². The highest BCUT2D eigenvalue weighted by atomic mass is 16.1. The van der Waals surface area contributed by atoms with Crippen LogP contribution in [0.3, 0.4) is 0 Å². The normalized spacial score (nSPS) is 10.7. The Kier molecular flexibility index (Phi) is 5.02. The van der Waals surface area contributed by atoms with Crippen molar-refractivity contribution in [3.05, 3.63) is 51.6 Å². The Hall–Kier alpha value is -2.09. The fraction of sp³-hybridized carbons (Fsp3) is 0.350. The molecule has 2 aromatic carbocycles. The van der Waals surface area contributed by atoms with E-state index < -0.39 is 0 Å². The Balaban J connectivity index is 0.000000847. The lowest BCUT2D eigenvalue weighted by atomic mass is 9.99. The molecule has 3 rings (SSSR count). The van der Waals surface area contributed by atoms with Gasteiger partial charge in [0, 0.05) is 28.1 Å². The molecule has 0 spiro atoms. The van der Waals surface area contributed by atoms with Crippen LogP contribution in [0.1, 0.15) is 39.2 Å². The smallest absolute Gasteiger partial charge is 0.258 e. The van der Waals surface area contributed by atoms with E-state index in [2.05, 4.69) is 38.6 Å². The quantitative estimate of drug-likeness (QED) is 0.701. The summed E-state index contributed by atoms with van der Waals surface area (Å²) in [5, 5.41) is 4.94. The molecule has 0 radical (unpaired) electrons. The van der Waals surface area contributed by atoms with Gasteiger partial charge in [-0.05, 0) is 36.4 Å². The van der Waals surface area contributed by atoms with Gasteiger partial charge in [0.25, 0.3) is 5.56 Å². The molecule has 2 heteroatoms. The topological polar surface area (TPSA) is 22.0 Å². The average molecular weight is 295 g/mol. The Morgan fingerprint density at radius 2 is 1.86 bits per heavy atom. The monoisotopic (exact) mass is 295 g/mol. The predicted molar refractivity (Wildman–Crippen MR) is 97.4 cm³/mol. The van der Waals surface area contributed by atoms with E-state index in [0.29, 0.717) is 0 Å². The summed E-state index contributed by atoms with van der Waals surface area (Å²) in [5.41, 5.74) is 1.29. The number of rotatable bonds is 3. The second kappa shape index (κ2) is 6.78. The molecule has 0 amide bonds. The van der Waals surface area contributed by atoms with Gasteiger partial charge in [0.15, 0.2) is 0 Å². The molecule has 0 saturated heterocycles. The van der Waals surface area contributed by atoms with Crippen LogP contribution in [0.15, 0.2) is 35.1 Å². The van der Waals surface area contributed by atoms with Crippen LogP contribution in [0.5, 0.6) is 0 Å². The van der Waals surface area contributed by atoms with Gasteiger partial charge in [-0.25, -0.2) is 0 Å². The zero-order valence-electron chi connectivity index (χ0n) is 14.1. The summed E-state index contributed by atoms with van der Waals surface area (Å²) in [6, 6.07) is 10.2. The largest absolute Gasteiger partial charge is 0.308 e. The van der Waals surface area contributed by atoms with Gasteiger partial charge >= 0.3 is 0 Å². The van der Waals surface area contributed by atoms with Crippen molar-refractivity contribution in [1.82, 2.24) is 4.57 Å². The van der Waals surface area contributed by atoms with E-state index in [-0.39, 0.29) is 5.56 Å². The van der Waals surface area contributed by atoms with Gasteiger partial charge < -0.3 is 4.57 Å². The molecule has 2 nitrogen and oxygen atoms in total. The van der Waals surface area contributed by atoms with Crippen molar-refractivity contribution in [2.75, 3.05) is 0 Å². The molecular weight excluding hydrogens is 270 g/mol. The average Bonchev–Trinajstić information content (AvgIpc) is 2.54. The highest BCUT2D eigenvalue weighted by Crippen LogP contribution is 2.23. The summed E-state index contributed by atoms with van der Waals surface area (Å²) in [5.74, 6) is 0. The molecule has 0 aliphatic carbocycles. The molecule has 0 saturated carbocycles. The number of pyridine rings is 1. The van der Waals surface area contributed by atoms with Crippen LogP contribution in [-0.2, 0) is 6.54 Å². The lowest BCUT2D eigenvalue weighted by Gasteiger charge is -2.13. The zero-order chi connectivity index (χ0) is 16.3. The molecule has 116 valence electrons. The number of unbranched alkanes of at least 4 members (excludes halogenated alkanes) is 1. The van der Waals surface area contributed by atoms with Crippen LogP contribution in [0.4, 0.5) is 0 Å². The van der Waals surface area contributed by atoms with Crippen molar-refractivity contribution in [2.45, 2.75) is 47.1 Å². The summed E-state index contributed by atoms with van der Waals surface area (Å²) in [6.45, 7) is 13.1. The van der Waals surface area contributed by atoms with Crippen molar-refractivity contribution >= 4 is 28.1 Å². The molecule has 0 atom stereocenters. The second-order valence-electron chi connectivity index (χ2n) is 5.47. The molecule has 0 N–H and O–H groups in total. The molecule has 0 bridgehead atoms. The van der Waals surface area contributed by atoms with Crippen molar-refractivity contribution in [1.29, 1.82) is 0 Å². The number of aromatic nitrogens is 1. The van der Waals surface area contributed by atoms with Crippen molar-refractivity contribution < 1.29 is 0 Å². The summed E-state index contributed by atoms with van der Waals surface area (Å²) in [7, 11) is 0. The van der Waals surface area contributed by atoms with Crippen LogP contribution in [0.25, 0.3) is 28.1 Å². The van der Waals surface area contributed by atoms with E-state index >= 15 is 0 Å². The number of hydrogen-bond donors (Lipinski definition) is 0. The van der Waals surface area contributed by atoms with Gasteiger partial charge in [0.05, 0.1) is 0 Å². The highest BCUT2D eigenvalue weighted by Gasteiger charge is 2.10. The van der Waals surface area contributed by atoms with E-state index in [9.17, 15) is 4.79 Å². The van der Waals surface area contributed by atoms with Crippen LogP contribution >= 0.6 is 0 Å². The van der Waals surface area contributed by atoms with Crippen molar-refractivity contribution in [3.8, 4) is 0 Å². The van der Waals surface area contributed by atoms with Crippen molar-refractivity contribution in [2.24, 2.45) is 0 Å². The first-order valence-electron chi connectivity index (χ1n) is 8.18. The van der Waals surface area contributed by atoms with Gasteiger partial charge in [-0.2, -0.15) is 0 Å². The summed E-state index contributed by atoms with van der Waals surface area (Å²) in [4.78, 5) is 12.7. The Labute approximate surface area is 132 Å². The summed E-state index contributed by atoms with van der Waals surface area (Å²) < 4.78 is 1.83. The minimum Gasteiger partial charge on any atom is -0.308 e. The van der Waals surface area contributed by atoms with Gasteiger partial charge in [0.1, 0.15) is 0 Å². The molecule has 1 aromatic heterocycles. The second-order valence-corrected chi connectivity index (χ2v) is 5.47. The molecule has 0 aliphatic rings. The van der Waals surface area contributed by atoms with Crippen LogP contribution in [0, 0.1) is 6.92 Å². The summed E-state index contributed by atoms with van der Waals surface area (Å²) >= 11 is 0. The van der Waals surface area contributed by atoms with Crippen LogP contribution in [-0.4, -0.2) is 4.57 Å². The molecular formula is C20H25NO. The molecule has 1 heterocycles. The number of benzene rings is 2. The third-order valence-corrected chi connectivity index (χ3v) is 3.97. The maximum absolute atomic E-state index is 12.7. The first kappa shape index (κ1) is 16.3. The Morgan fingerprint density at radius 3 is 2.55 bits per heavy atom. The SMILES string of the molecule is C=c1c2cc(C)cc3cccc(c(=O)n1CCCC)c32.CC. The maximum atomic E-state index is 12.7. The number of nitrogens with zero attached hydrogens (tertiary/aromatic N) is 1. The molecule has 3 aromatic rings. The Bertz CT molecular complexity index is 890. The molecule has 0 fully saturated rings. The fourth-order valence-electron chi connectivity index (χ4n) is 2.95. The lowest BCUT2D eigenvalue weighted by molar-refractivity contribution is 0.607. The number of hydrogen-bond acceptors (Lipinski definition) is 1. The van der Waals surface area contributed by atoms with Gasteiger partial charge in [-0.3, -0.25) is 4.79 Å². The zero-order valence-corrected chi connectivity index (χ0v) is 14.1. The third-order valence-electron chi connectivity index (χ3n) is 3.97. The van der Waals surface area contributed by atoms with Gasteiger partial charge in [-0.15, -0.1) is 0 Å². The number of aryl methyl sites for hydroxylation is 1. The van der Waals surface area contributed by atoms with Crippen molar-refractivity contribution in [3.63, 3.8) is 0 Å². The lowest BCUT2D eigenvalue weighted by Crippen LogP contribution is -2.33. The van der Waals surface area contributed by atoms with E-state index in [4.69, 9.17) is 0 Å². The van der Waals surface area contributed by atoms with Crippen LogP contribution in [0.2, 0.25) is 0 Å².